The third-order valence-corrected chi connectivity index (χ3v) is 5.70. The molecule has 8 nitrogen and oxygen atoms in total. The predicted octanol–water partition coefficient (Wildman–Crippen LogP) is 3.18. The number of amides is 1. The van der Waals surface area contributed by atoms with Gasteiger partial charge < -0.3 is 9.84 Å². The third-order valence-electron chi connectivity index (χ3n) is 5.70. The molecule has 1 amide bonds. The van der Waals surface area contributed by atoms with Gasteiger partial charge in [0.2, 0.25) is 5.91 Å². The van der Waals surface area contributed by atoms with Gasteiger partial charge in [-0.05, 0) is 52.0 Å². The van der Waals surface area contributed by atoms with Crippen molar-refractivity contribution < 1.29 is 9.32 Å². The summed E-state index contributed by atoms with van der Waals surface area (Å²) in [6, 6.07) is 2.48. The number of hydrogen-bond donors (Lipinski definition) is 1. The van der Waals surface area contributed by atoms with Gasteiger partial charge in [0.25, 0.3) is 0 Å². The lowest BCUT2D eigenvalue weighted by molar-refractivity contribution is -0.122. The van der Waals surface area contributed by atoms with Crippen molar-refractivity contribution in [2.75, 3.05) is 0 Å². The number of carbonyl (C=O) groups is 1. The highest BCUT2D eigenvalue weighted by molar-refractivity contribution is 5.76. The minimum atomic E-state index is 0.0959. The summed E-state index contributed by atoms with van der Waals surface area (Å²) in [5, 5.41) is 11.7. The van der Waals surface area contributed by atoms with Gasteiger partial charge >= 0.3 is 0 Å². The Morgan fingerprint density at radius 2 is 2.10 bits per heavy atom. The molecule has 3 aromatic rings. The first-order chi connectivity index (χ1) is 14.1. The van der Waals surface area contributed by atoms with E-state index in [0.29, 0.717) is 18.9 Å². The fraction of sp³-hybridized carbons (Fsp3) is 0.476. The van der Waals surface area contributed by atoms with E-state index in [1.54, 1.807) is 12.5 Å². The van der Waals surface area contributed by atoms with E-state index >= 15 is 0 Å². The maximum absolute atomic E-state index is 12.3. The molecule has 1 saturated carbocycles. The lowest BCUT2D eigenvalue weighted by Crippen LogP contribution is -2.38. The van der Waals surface area contributed by atoms with Crippen LogP contribution in [-0.4, -0.2) is 36.9 Å². The molecule has 1 fully saturated rings. The molecule has 3 aromatic heterocycles. The van der Waals surface area contributed by atoms with Gasteiger partial charge in [0.15, 0.2) is 0 Å². The summed E-state index contributed by atoms with van der Waals surface area (Å²) in [6.07, 6.45) is 12.2. The van der Waals surface area contributed by atoms with E-state index in [1.165, 1.54) is 0 Å². The van der Waals surface area contributed by atoms with E-state index < -0.39 is 0 Å². The maximum Gasteiger partial charge on any atom is 0.220 e. The molecule has 152 valence electrons. The van der Waals surface area contributed by atoms with Crippen LogP contribution in [0.3, 0.4) is 0 Å². The van der Waals surface area contributed by atoms with E-state index in [9.17, 15) is 4.79 Å². The molecular weight excluding hydrogens is 368 g/mol. The average Bonchev–Trinajstić information content (AvgIpc) is 3.35. The Kier molecular flexibility index (Phi) is 5.69. The van der Waals surface area contributed by atoms with E-state index in [0.717, 1.165) is 54.0 Å². The van der Waals surface area contributed by atoms with E-state index in [4.69, 9.17) is 4.52 Å². The highest BCUT2D eigenvalue weighted by atomic mass is 16.5. The Morgan fingerprint density at radius 1 is 1.28 bits per heavy atom. The summed E-state index contributed by atoms with van der Waals surface area (Å²) in [7, 11) is 0. The van der Waals surface area contributed by atoms with Crippen LogP contribution in [0, 0.1) is 13.8 Å². The number of carbonyl (C=O) groups excluding carboxylic acids is 1. The quantitative estimate of drug-likeness (QED) is 0.689. The second kappa shape index (κ2) is 8.55. The number of nitrogens with one attached hydrogen (secondary N) is 1. The molecule has 0 aliphatic heterocycles. The second-order valence-electron chi connectivity index (χ2n) is 7.68. The molecular formula is C21H26N6O2. The largest absolute Gasteiger partial charge is 0.361 e. The Bertz CT molecular complexity index is 937. The molecule has 29 heavy (non-hydrogen) atoms. The topological polar surface area (TPSA) is 98.7 Å². The molecule has 1 N–H and O–H groups in total. The molecule has 1 aliphatic carbocycles. The summed E-state index contributed by atoms with van der Waals surface area (Å²) in [4.78, 5) is 20.6. The summed E-state index contributed by atoms with van der Waals surface area (Å²) in [5.74, 6) is 0.898. The molecule has 8 heteroatoms. The normalized spacial score (nSPS) is 19.2. The smallest absolute Gasteiger partial charge is 0.220 e. The predicted molar refractivity (Wildman–Crippen MR) is 107 cm³/mol. The van der Waals surface area contributed by atoms with Crippen molar-refractivity contribution in [2.24, 2.45) is 0 Å². The summed E-state index contributed by atoms with van der Waals surface area (Å²) in [5.41, 5.74) is 3.80. The summed E-state index contributed by atoms with van der Waals surface area (Å²) in [6.45, 7) is 3.80. The van der Waals surface area contributed by atoms with Gasteiger partial charge in [0.1, 0.15) is 12.1 Å². The molecule has 1 aliphatic rings. The van der Waals surface area contributed by atoms with Gasteiger partial charge in [-0.1, -0.05) is 5.16 Å². The monoisotopic (exact) mass is 394 g/mol. The fourth-order valence-corrected chi connectivity index (χ4v) is 4.01. The van der Waals surface area contributed by atoms with E-state index in [2.05, 4.69) is 31.7 Å². The van der Waals surface area contributed by atoms with Crippen LogP contribution in [0.4, 0.5) is 0 Å². The van der Waals surface area contributed by atoms with Crippen LogP contribution in [0.5, 0.6) is 0 Å². The second-order valence-corrected chi connectivity index (χ2v) is 7.68. The highest BCUT2D eigenvalue weighted by Crippen LogP contribution is 2.29. The summed E-state index contributed by atoms with van der Waals surface area (Å²) >= 11 is 0. The number of aryl methyl sites for hydroxylation is 2. The average molecular weight is 394 g/mol. The van der Waals surface area contributed by atoms with Crippen molar-refractivity contribution >= 4 is 5.91 Å². The molecule has 3 heterocycles. The molecule has 4 rings (SSSR count). The Morgan fingerprint density at radius 3 is 2.79 bits per heavy atom. The van der Waals surface area contributed by atoms with Crippen molar-refractivity contribution in [3.63, 3.8) is 0 Å². The Balaban J connectivity index is 1.25. The molecule has 0 bridgehead atoms. The van der Waals surface area contributed by atoms with Crippen molar-refractivity contribution in [3.05, 3.63) is 48.0 Å². The van der Waals surface area contributed by atoms with Crippen LogP contribution in [0.1, 0.15) is 55.2 Å². The van der Waals surface area contributed by atoms with Gasteiger partial charge in [0.05, 0.1) is 23.6 Å². The van der Waals surface area contributed by atoms with Gasteiger partial charge in [-0.15, -0.1) is 0 Å². The first kappa shape index (κ1) is 19.3. The van der Waals surface area contributed by atoms with Crippen LogP contribution >= 0.6 is 0 Å². The van der Waals surface area contributed by atoms with Gasteiger partial charge in [-0.25, -0.2) is 9.97 Å². The highest BCUT2D eigenvalue weighted by Gasteiger charge is 2.24. The van der Waals surface area contributed by atoms with Gasteiger partial charge in [-0.2, -0.15) is 5.10 Å². The van der Waals surface area contributed by atoms with E-state index in [1.807, 2.05) is 30.8 Å². The van der Waals surface area contributed by atoms with Crippen molar-refractivity contribution in [1.82, 2.24) is 30.2 Å². The van der Waals surface area contributed by atoms with E-state index in [-0.39, 0.29) is 11.9 Å². The number of rotatable bonds is 6. The van der Waals surface area contributed by atoms with Gasteiger partial charge in [0, 0.05) is 36.0 Å². The van der Waals surface area contributed by atoms with Crippen LogP contribution in [0.2, 0.25) is 0 Å². The van der Waals surface area contributed by atoms with Crippen LogP contribution in [0.15, 0.2) is 35.5 Å². The fourth-order valence-electron chi connectivity index (χ4n) is 4.01. The van der Waals surface area contributed by atoms with Crippen molar-refractivity contribution in [3.8, 4) is 11.3 Å². The Hall–Kier alpha value is -3.03. The number of nitrogens with zero attached hydrogens (tertiary/aromatic N) is 5. The first-order valence-electron chi connectivity index (χ1n) is 10.1. The maximum atomic E-state index is 12.3. The molecule has 0 spiro atoms. The van der Waals surface area contributed by atoms with Crippen LogP contribution in [-0.2, 0) is 11.2 Å². The Labute approximate surface area is 169 Å². The first-order valence-corrected chi connectivity index (χ1v) is 10.1. The third kappa shape index (κ3) is 4.52. The molecule has 0 saturated heterocycles. The minimum absolute atomic E-state index is 0.0959. The summed E-state index contributed by atoms with van der Waals surface area (Å²) < 4.78 is 7.20. The standard InChI is InChI=1S/C21H26N6O2/c1-14-19(15(2)29-26-14)7-8-21(28)25-17-3-5-18(6-4-17)27-12-16(11-24-27)20-9-10-22-13-23-20/h9-13,17-18H,3-8H2,1-2H3,(H,25,28). The SMILES string of the molecule is Cc1noc(C)c1CCC(=O)NC1CCC(n2cc(-c3ccncn3)cn2)CC1. The van der Waals surface area contributed by atoms with Crippen molar-refractivity contribution in [1.29, 1.82) is 0 Å². The molecule has 0 atom stereocenters. The van der Waals surface area contributed by atoms with Crippen molar-refractivity contribution in [2.45, 2.75) is 64.5 Å². The van der Waals surface area contributed by atoms with Crippen LogP contribution in [0.25, 0.3) is 11.3 Å². The molecule has 0 radical (unpaired) electrons. The number of hydrogen-bond acceptors (Lipinski definition) is 6. The minimum Gasteiger partial charge on any atom is -0.361 e. The lowest BCUT2D eigenvalue weighted by atomic mass is 9.91. The zero-order valence-electron chi connectivity index (χ0n) is 16.8. The zero-order valence-corrected chi connectivity index (χ0v) is 16.8. The number of aromatic nitrogens is 5. The molecule has 0 unspecified atom stereocenters. The van der Waals surface area contributed by atoms with Crippen LogP contribution < -0.4 is 5.32 Å². The zero-order chi connectivity index (χ0) is 20.2. The molecule has 0 aromatic carbocycles. The van der Waals surface area contributed by atoms with Gasteiger partial charge in [-0.3, -0.25) is 9.48 Å². The lowest BCUT2D eigenvalue weighted by Gasteiger charge is -2.29.